The zero-order valence-electron chi connectivity index (χ0n) is 19.8. The SMILES string of the molecule is C[N+]1(C)CCN(CC(=O)CC2CCC(N=C(N)NC(=O)c3nc(Cl)c(N)nc3N)CC2)CC1.[I-]. The van der Waals surface area contributed by atoms with Crippen molar-refractivity contribution >= 4 is 40.9 Å². The molecule has 3 rings (SSSR count). The Morgan fingerprint density at radius 1 is 1.12 bits per heavy atom. The lowest BCUT2D eigenvalue weighted by atomic mass is 9.83. The minimum absolute atomic E-state index is 0. The maximum Gasteiger partial charge on any atom is 0.280 e. The highest BCUT2D eigenvalue weighted by atomic mass is 127. The molecule has 1 amide bonds. The first-order chi connectivity index (χ1) is 15.5. The predicted octanol–water partition coefficient (Wildman–Crippen LogP) is -2.75. The smallest absolute Gasteiger partial charge is 0.280 e. The molecule has 0 aromatic carbocycles. The van der Waals surface area contributed by atoms with Gasteiger partial charge in [-0.05, 0) is 31.6 Å². The van der Waals surface area contributed by atoms with E-state index in [-0.39, 0.29) is 58.5 Å². The first kappa shape index (κ1) is 28.5. The molecule has 190 valence electrons. The number of piperazine rings is 1. The number of ketones is 1. The van der Waals surface area contributed by atoms with Gasteiger partial charge in [-0.15, -0.1) is 0 Å². The first-order valence-electron chi connectivity index (χ1n) is 11.3. The minimum Gasteiger partial charge on any atom is -1.00 e. The number of Topliss-reactive ketones (excluding diaryl/α,β-unsaturated/α-hetero) is 1. The van der Waals surface area contributed by atoms with Gasteiger partial charge in [0.1, 0.15) is 5.78 Å². The molecule has 1 aromatic heterocycles. The number of nitrogens with one attached hydrogen (secondary N) is 1. The third kappa shape index (κ3) is 8.17. The summed E-state index contributed by atoms with van der Waals surface area (Å²) in [5, 5.41) is 2.36. The molecule has 1 saturated carbocycles. The van der Waals surface area contributed by atoms with Crippen LogP contribution < -0.4 is 46.5 Å². The number of amides is 1. The van der Waals surface area contributed by atoms with Crippen LogP contribution in [-0.4, -0.2) is 89.9 Å². The van der Waals surface area contributed by atoms with Gasteiger partial charge in [0.15, 0.2) is 28.4 Å². The van der Waals surface area contributed by atoms with Crippen LogP contribution in [0.25, 0.3) is 0 Å². The molecule has 0 atom stereocenters. The number of hydrogen-bond acceptors (Lipinski definition) is 8. The molecule has 1 aromatic rings. The largest absolute Gasteiger partial charge is 1.00 e. The number of guanidine groups is 1. The second-order valence-corrected chi connectivity index (χ2v) is 10.0. The number of likely N-dealkylation sites (N-methyl/N-ethyl adjacent to an activating group) is 1. The average Bonchev–Trinajstić information content (AvgIpc) is 2.73. The molecular formula is C21H35ClIN9O2. The maximum absolute atomic E-state index is 12.5. The molecule has 0 spiro atoms. The Morgan fingerprint density at radius 3 is 2.35 bits per heavy atom. The fourth-order valence-corrected chi connectivity index (χ4v) is 4.46. The fraction of sp³-hybridized carbons (Fsp3) is 0.667. The molecule has 34 heavy (non-hydrogen) atoms. The van der Waals surface area contributed by atoms with Crippen LogP contribution in [0.5, 0.6) is 0 Å². The van der Waals surface area contributed by atoms with Crippen molar-refractivity contribution in [3.8, 4) is 0 Å². The van der Waals surface area contributed by atoms with E-state index in [4.69, 9.17) is 28.8 Å². The summed E-state index contributed by atoms with van der Waals surface area (Å²) >= 11 is 5.81. The van der Waals surface area contributed by atoms with Gasteiger partial charge in [-0.1, -0.05) is 11.6 Å². The molecule has 2 aliphatic rings. The van der Waals surface area contributed by atoms with E-state index < -0.39 is 5.91 Å². The van der Waals surface area contributed by atoms with Gasteiger partial charge >= 0.3 is 0 Å². The number of hydrogen-bond donors (Lipinski definition) is 4. The summed E-state index contributed by atoms with van der Waals surface area (Å²) in [5.74, 6) is -0.158. The number of aliphatic imine (C=N–C) groups is 1. The molecule has 1 aliphatic carbocycles. The Bertz CT molecular complexity index is 910. The summed E-state index contributed by atoms with van der Waals surface area (Å²) in [7, 11) is 4.46. The topological polar surface area (TPSA) is 166 Å². The van der Waals surface area contributed by atoms with E-state index >= 15 is 0 Å². The quantitative estimate of drug-likeness (QED) is 0.117. The van der Waals surface area contributed by atoms with Gasteiger partial charge in [0.2, 0.25) is 0 Å². The lowest BCUT2D eigenvalue weighted by Gasteiger charge is -2.39. The number of quaternary nitrogens is 1. The van der Waals surface area contributed by atoms with Crippen molar-refractivity contribution in [2.24, 2.45) is 16.6 Å². The minimum atomic E-state index is -0.651. The Labute approximate surface area is 222 Å². The zero-order valence-corrected chi connectivity index (χ0v) is 22.7. The van der Waals surface area contributed by atoms with Gasteiger partial charge in [0.25, 0.3) is 5.91 Å². The van der Waals surface area contributed by atoms with E-state index in [1.54, 1.807) is 0 Å². The average molecular weight is 608 g/mol. The molecule has 11 nitrogen and oxygen atoms in total. The molecule has 0 unspecified atom stereocenters. The molecule has 0 radical (unpaired) electrons. The molecule has 7 N–H and O–H groups in total. The molecule has 13 heteroatoms. The highest BCUT2D eigenvalue weighted by Gasteiger charge is 2.27. The second kappa shape index (κ2) is 12.3. The molecule has 1 aliphatic heterocycles. The van der Waals surface area contributed by atoms with Crippen LogP contribution in [0.1, 0.15) is 42.6 Å². The zero-order chi connectivity index (χ0) is 24.2. The number of rotatable bonds is 6. The number of halogens is 2. The monoisotopic (exact) mass is 607 g/mol. The van der Waals surface area contributed by atoms with Crippen molar-refractivity contribution in [2.75, 3.05) is 58.3 Å². The third-order valence-electron chi connectivity index (χ3n) is 6.46. The summed E-state index contributed by atoms with van der Waals surface area (Å²) in [6.45, 7) is 4.67. The van der Waals surface area contributed by atoms with Crippen molar-refractivity contribution < 1.29 is 38.0 Å². The van der Waals surface area contributed by atoms with Crippen LogP contribution in [0.4, 0.5) is 11.6 Å². The van der Waals surface area contributed by atoms with Crippen molar-refractivity contribution in [3.05, 3.63) is 10.8 Å². The lowest BCUT2D eigenvalue weighted by molar-refractivity contribution is -0.894. The molecule has 2 heterocycles. The highest BCUT2D eigenvalue weighted by Crippen LogP contribution is 2.29. The summed E-state index contributed by atoms with van der Waals surface area (Å²) in [5.41, 5.74) is 17.0. The normalized spacial score (nSPS) is 23.1. The maximum atomic E-state index is 12.5. The highest BCUT2D eigenvalue weighted by molar-refractivity contribution is 6.31. The number of anilines is 2. The lowest BCUT2D eigenvalue weighted by Crippen LogP contribution is -3.00. The van der Waals surface area contributed by atoms with Crippen LogP contribution in [0.2, 0.25) is 5.15 Å². The summed E-state index contributed by atoms with van der Waals surface area (Å²) in [6.07, 6.45) is 4.08. The number of carbonyl (C=O) groups is 2. The van der Waals surface area contributed by atoms with Crippen LogP contribution in [0.15, 0.2) is 4.99 Å². The van der Waals surface area contributed by atoms with Crippen molar-refractivity contribution in [2.45, 2.75) is 38.1 Å². The van der Waals surface area contributed by atoms with E-state index in [9.17, 15) is 9.59 Å². The Kier molecular flexibility index (Phi) is 10.3. The Morgan fingerprint density at radius 2 is 1.74 bits per heavy atom. The van der Waals surface area contributed by atoms with Crippen molar-refractivity contribution in [3.63, 3.8) is 0 Å². The van der Waals surface area contributed by atoms with Gasteiger partial charge in [-0.3, -0.25) is 19.8 Å². The van der Waals surface area contributed by atoms with Crippen LogP contribution in [0.3, 0.4) is 0 Å². The molecular weight excluding hydrogens is 573 g/mol. The third-order valence-corrected chi connectivity index (χ3v) is 6.74. The number of carbonyl (C=O) groups excluding carboxylic acids is 2. The second-order valence-electron chi connectivity index (χ2n) is 9.68. The number of aromatic nitrogens is 2. The van der Waals surface area contributed by atoms with Crippen molar-refractivity contribution in [1.29, 1.82) is 0 Å². The van der Waals surface area contributed by atoms with E-state index in [1.165, 1.54) is 0 Å². The van der Waals surface area contributed by atoms with Gasteiger partial charge in [-0.25, -0.2) is 15.0 Å². The van der Waals surface area contributed by atoms with Crippen LogP contribution in [-0.2, 0) is 4.79 Å². The molecule has 0 bridgehead atoms. The van der Waals surface area contributed by atoms with E-state index in [0.717, 1.165) is 56.3 Å². The van der Waals surface area contributed by atoms with Crippen LogP contribution in [0, 0.1) is 5.92 Å². The van der Waals surface area contributed by atoms with Crippen LogP contribution >= 0.6 is 11.6 Å². The fourth-order valence-electron chi connectivity index (χ4n) is 4.33. The summed E-state index contributed by atoms with van der Waals surface area (Å²) in [6, 6.07) is -0.00261. The Hall–Kier alpha value is -1.77. The first-order valence-corrected chi connectivity index (χ1v) is 11.7. The van der Waals surface area contributed by atoms with Gasteiger partial charge in [0, 0.05) is 19.5 Å². The predicted molar refractivity (Wildman–Crippen MR) is 129 cm³/mol. The van der Waals surface area contributed by atoms with Gasteiger partial charge < -0.3 is 45.7 Å². The summed E-state index contributed by atoms with van der Waals surface area (Å²) < 4.78 is 1.02. The summed E-state index contributed by atoms with van der Waals surface area (Å²) in [4.78, 5) is 39.2. The van der Waals surface area contributed by atoms with E-state index in [1.807, 2.05) is 0 Å². The van der Waals surface area contributed by atoms with Crippen molar-refractivity contribution in [1.82, 2.24) is 20.2 Å². The van der Waals surface area contributed by atoms with E-state index in [0.29, 0.717) is 24.7 Å². The van der Waals surface area contributed by atoms with Gasteiger partial charge in [0.05, 0.1) is 39.8 Å². The standard InChI is InChI=1S/C21H34ClN9O2.HI/c1-31(2)9-7-30(8-10-31)12-15(32)11-13-3-5-14(6-4-13)26-21(25)29-20(33)16-18(23)28-19(24)17(22)27-16;/h13-14H,3-12H2,1-2H3,(H6-,23,24,25,26,28,29,33);1H. The van der Waals surface area contributed by atoms with Gasteiger partial charge in [-0.2, -0.15) is 0 Å². The Balaban J connectivity index is 0.00000408. The molecule has 1 saturated heterocycles. The van der Waals surface area contributed by atoms with E-state index in [2.05, 4.69) is 39.3 Å². The molecule has 2 fully saturated rings. The number of nitrogens with two attached hydrogens (primary N) is 3. The number of nitrogens with zero attached hydrogens (tertiary/aromatic N) is 5. The number of nitrogen functional groups attached to an aromatic ring is 2.